The van der Waals surface area contributed by atoms with Crippen LogP contribution in [0.15, 0.2) is 34.9 Å². The molecule has 1 aliphatic heterocycles. The van der Waals surface area contributed by atoms with E-state index in [1.165, 1.54) is 11.0 Å². The van der Waals surface area contributed by atoms with E-state index in [1.807, 2.05) is 0 Å². The highest BCUT2D eigenvalue weighted by molar-refractivity contribution is 6.30. The van der Waals surface area contributed by atoms with Crippen LogP contribution in [-0.4, -0.2) is 39.6 Å². The van der Waals surface area contributed by atoms with E-state index < -0.39 is 17.9 Å². The second kappa shape index (κ2) is 6.42. The van der Waals surface area contributed by atoms with Gasteiger partial charge in [0.15, 0.2) is 0 Å². The van der Waals surface area contributed by atoms with Crippen LogP contribution < -0.4 is 0 Å². The van der Waals surface area contributed by atoms with E-state index >= 15 is 0 Å². The standard InChI is InChI=1S/C16H15ClN2O4/c17-11-5-3-4-10(8-11)12-9-14(23-18-12)15(20)19-7-2-1-6-13(19)16(21)22/h3-5,8-9,13H,1-2,6-7H2,(H,21,22). The van der Waals surface area contributed by atoms with Gasteiger partial charge in [0, 0.05) is 23.2 Å². The lowest BCUT2D eigenvalue weighted by Gasteiger charge is -2.31. The Kier molecular flexibility index (Phi) is 4.34. The minimum atomic E-state index is -0.993. The third-order valence-electron chi connectivity index (χ3n) is 3.89. The van der Waals surface area contributed by atoms with E-state index in [0.717, 1.165) is 18.4 Å². The van der Waals surface area contributed by atoms with E-state index in [-0.39, 0.29) is 5.76 Å². The summed E-state index contributed by atoms with van der Waals surface area (Å²) in [6, 6.07) is 7.74. The Hall–Kier alpha value is -2.34. The van der Waals surface area contributed by atoms with Crippen LogP contribution in [0.2, 0.25) is 5.02 Å². The second-order valence-electron chi connectivity index (χ2n) is 5.44. The van der Waals surface area contributed by atoms with Gasteiger partial charge in [-0.2, -0.15) is 0 Å². The first-order chi connectivity index (χ1) is 11.1. The van der Waals surface area contributed by atoms with Gasteiger partial charge in [-0.1, -0.05) is 28.9 Å². The number of nitrogens with zero attached hydrogens (tertiary/aromatic N) is 2. The Morgan fingerprint density at radius 1 is 1.30 bits per heavy atom. The molecular formula is C16H15ClN2O4. The monoisotopic (exact) mass is 334 g/mol. The van der Waals surface area contributed by atoms with Crippen molar-refractivity contribution < 1.29 is 19.2 Å². The van der Waals surface area contributed by atoms with Gasteiger partial charge in [-0.05, 0) is 31.4 Å². The minimum Gasteiger partial charge on any atom is -0.480 e. The number of carboxylic acids is 1. The van der Waals surface area contributed by atoms with Crippen LogP contribution in [-0.2, 0) is 4.79 Å². The van der Waals surface area contributed by atoms with Gasteiger partial charge in [0.25, 0.3) is 5.91 Å². The minimum absolute atomic E-state index is 0.0353. The van der Waals surface area contributed by atoms with Crippen LogP contribution >= 0.6 is 11.6 Å². The first-order valence-electron chi connectivity index (χ1n) is 7.32. The molecular weight excluding hydrogens is 320 g/mol. The van der Waals surface area contributed by atoms with Crippen LogP contribution in [0.3, 0.4) is 0 Å². The average Bonchev–Trinajstić information content (AvgIpc) is 3.04. The molecule has 6 nitrogen and oxygen atoms in total. The molecule has 0 aliphatic carbocycles. The Morgan fingerprint density at radius 2 is 2.13 bits per heavy atom. The Labute approximate surface area is 137 Å². The van der Waals surface area contributed by atoms with Crippen molar-refractivity contribution in [2.45, 2.75) is 25.3 Å². The molecule has 1 fully saturated rings. The average molecular weight is 335 g/mol. The molecule has 1 saturated heterocycles. The van der Waals surface area contributed by atoms with Gasteiger partial charge in [0.1, 0.15) is 11.7 Å². The fourth-order valence-electron chi connectivity index (χ4n) is 2.73. The molecule has 1 aliphatic rings. The summed E-state index contributed by atoms with van der Waals surface area (Å²) in [4.78, 5) is 25.2. The van der Waals surface area contributed by atoms with E-state index in [1.54, 1.807) is 24.3 Å². The van der Waals surface area contributed by atoms with Crippen molar-refractivity contribution in [3.05, 3.63) is 41.1 Å². The molecule has 0 radical (unpaired) electrons. The number of carbonyl (C=O) groups excluding carboxylic acids is 1. The molecule has 0 saturated carbocycles. The maximum atomic E-state index is 12.5. The Bertz CT molecular complexity index is 743. The topological polar surface area (TPSA) is 83.6 Å². The predicted octanol–water partition coefficient (Wildman–Crippen LogP) is 3.07. The first kappa shape index (κ1) is 15.6. The summed E-state index contributed by atoms with van der Waals surface area (Å²) in [6.07, 6.45) is 2.03. The molecule has 1 atom stereocenters. The summed E-state index contributed by atoms with van der Waals surface area (Å²) in [5.41, 5.74) is 1.22. The summed E-state index contributed by atoms with van der Waals surface area (Å²) in [7, 11) is 0. The number of aliphatic carboxylic acids is 1. The largest absolute Gasteiger partial charge is 0.480 e. The molecule has 1 aromatic carbocycles. The number of hydrogen-bond donors (Lipinski definition) is 1. The molecule has 0 spiro atoms. The number of piperidine rings is 1. The fourth-order valence-corrected chi connectivity index (χ4v) is 2.92. The quantitative estimate of drug-likeness (QED) is 0.932. The molecule has 2 aromatic rings. The maximum Gasteiger partial charge on any atom is 0.326 e. The SMILES string of the molecule is O=C(O)C1CCCCN1C(=O)c1cc(-c2cccc(Cl)c2)no1. The van der Waals surface area contributed by atoms with Gasteiger partial charge in [-0.3, -0.25) is 4.79 Å². The zero-order chi connectivity index (χ0) is 16.4. The number of benzene rings is 1. The molecule has 0 bridgehead atoms. The summed E-state index contributed by atoms with van der Waals surface area (Å²) in [5, 5.41) is 13.7. The Balaban J connectivity index is 1.84. The van der Waals surface area contributed by atoms with E-state index in [9.17, 15) is 14.7 Å². The highest BCUT2D eigenvalue weighted by Crippen LogP contribution is 2.25. The molecule has 3 rings (SSSR count). The van der Waals surface area contributed by atoms with Crippen molar-refractivity contribution in [1.29, 1.82) is 0 Å². The normalized spacial score (nSPS) is 18.0. The zero-order valence-electron chi connectivity index (χ0n) is 12.2. The van der Waals surface area contributed by atoms with E-state index in [4.69, 9.17) is 16.1 Å². The maximum absolute atomic E-state index is 12.5. The van der Waals surface area contributed by atoms with Crippen LogP contribution in [0.25, 0.3) is 11.3 Å². The lowest BCUT2D eigenvalue weighted by molar-refractivity contribution is -0.143. The highest BCUT2D eigenvalue weighted by atomic mass is 35.5. The lowest BCUT2D eigenvalue weighted by Crippen LogP contribution is -2.47. The third kappa shape index (κ3) is 3.22. The third-order valence-corrected chi connectivity index (χ3v) is 4.13. The van der Waals surface area contributed by atoms with Crippen molar-refractivity contribution >= 4 is 23.5 Å². The highest BCUT2D eigenvalue weighted by Gasteiger charge is 2.34. The number of rotatable bonds is 3. The number of likely N-dealkylation sites (tertiary alicyclic amines) is 1. The van der Waals surface area contributed by atoms with Crippen molar-refractivity contribution in [1.82, 2.24) is 10.1 Å². The van der Waals surface area contributed by atoms with Gasteiger partial charge >= 0.3 is 5.97 Å². The van der Waals surface area contributed by atoms with Gasteiger partial charge < -0.3 is 14.5 Å². The molecule has 23 heavy (non-hydrogen) atoms. The number of carboxylic acid groups (broad SMARTS) is 1. The number of hydrogen-bond acceptors (Lipinski definition) is 4. The molecule has 1 aromatic heterocycles. The molecule has 7 heteroatoms. The van der Waals surface area contributed by atoms with Crippen molar-refractivity contribution in [3.8, 4) is 11.3 Å². The van der Waals surface area contributed by atoms with Gasteiger partial charge in [0.05, 0.1) is 0 Å². The van der Waals surface area contributed by atoms with Crippen LogP contribution in [0.1, 0.15) is 29.8 Å². The Morgan fingerprint density at radius 3 is 2.87 bits per heavy atom. The number of amides is 1. The number of carbonyl (C=O) groups is 2. The van der Waals surface area contributed by atoms with Crippen LogP contribution in [0.5, 0.6) is 0 Å². The summed E-state index contributed by atoms with van der Waals surface area (Å²) in [5.74, 6) is -1.40. The molecule has 1 amide bonds. The number of aromatic nitrogens is 1. The molecule has 120 valence electrons. The van der Waals surface area contributed by atoms with Crippen LogP contribution in [0, 0.1) is 0 Å². The van der Waals surface area contributed by atoms with Gasteiger partial charge in [0.2, 0.25) is 5.76 Å². The van der Waals surface area contributed by atoms with Crippen molar-refractivity contribution in [2.75, 3.05) is 6.54 Å². The molecule has 1 N–H and O–H groups in total. The zero-order valence-corrected chi connectivity index (χ0v) is 13.0. The summed E-state index contributed by atoms with van der Waals surface area (Å²) in [6.45, 7) is 0.406. The predicted molar refractivity (Wildman–Crippen MR) is 83.3 cm³/mol. The van der Waals surface area contributed by atoms with Gasteiger partial charge in [-0.25, -0.2) is 4.79 Å². The van der Waals surface area contributed by atoms with Crippen molar-refractivity contribution in [2.24, 2.45) is 0 Å². The first-order valence-corrected chi connectivity index (χ1v) is 7.70. The fraction of sp³-hybridized carbons (Fsp3) is 0.312. The molecule has 2 heterocycles. The molecule has 1 unspecified atom stereocenters. The summed E-state index contributed by atoms with van der Waals surface area (Å²) >= 11 is 5.94. The second-order valence-corrected chi connectivity index (χ2v) is 5.87. The van der Waals surface area contributed by atoms with Crippen LogP contribution in [0.4, 0.5) is 0 Å². The van der Waals surface area contributed by atoms with E-state index in [0.29, 0.717) is 23.7 Å². The van der Waals surface area contributed by atoms with Gasteiger partial charge in [-0.15, -0.1) is 0 Å². The van der Waals surface area contributed by atoms with E-state index in [2.05, 4.69) is 5.16 Å². The number of halogens is 1. The lowest BCUT2D eigenvalue weighted by atomic mass is 10.0. The van der Waals surface area contributed by atoms with Crippen molar-refractivity contribution in [3.63, 3.8) is 0 Å². The summed E-state index contributed by atoms with van der Waals surface area (Å²) < 4.78 is 5.12. The smallest absolute Gasteiger partial charge is 0.326 e.